The van der Waals surface area contributed by atoms with Crippen LogP contribution in [0.5, 0.6) is 5.75 Å². The lowest BCUT2D eigenvalue weighted by atomic mass is 9.83. The average molecular weight is 946 g/mol. The number of nitrogens with zero attached hydrogens (tertiary/aromatic N) is 4. The van der Waals surface area contributed by atoms with E-state index in [9.17, 15) is 19.5 Å². The number of phenolic OH excluding ortho intramolecular Hbond substituents is 1. The molecule has 9 rings (SSSR count). The maximum absolute atomic E-state index is 15.1. The number of hydrogen-bond acceptors (Lipinski definition) is 11. The monoisotopic (exact) mass is 945 g/mol. The molecule has 2 saturated heterocycles. The van der Waals surface area contributed by atoms with Gasteiger partial charge in [0.2, 0.25) is 11.8 Å². The standard InChI is InChI=1S/C53H67N7O7S/c1-9-59-42-16-14-34-26-39(42)40(47(59)37-12-10-19-54-44(37)31(4)66-8)27-52(5,6)29-67-51(65)53(43-28-68-43)18-11-21-60(57-53)50(64)41(24-32-22-35(34)25-36(61)23-32)56-48(62)46(30(2)3)58(7)49(63)38-15-13-33-17-20-55-45(33)38/h10,12,14,16,19,22-23,25-26,28,30-31,33,38,41,45-46,55,57,61H,9,11,13,15,17-18,20-21,24,27,29H2,1-8H3,(H,56,62)/t31-,33-,38-,41-,45+,46-,53-/m0/s1. The molecule has 0 radical (unpaired) electrons. The van der Waals surface area contributed by atoms with Gasteiger partial charge in [0.25, 0.3) is 5.91 Å². The quantitative estimate of drug-likeness (QED) is 0.118. The second-order valence-electron chi connectivity index (χ2n) is 20.7. The number of thioether (sulfide) groups is 1. The maximum atomic E-state index is 15.1. The van der Waals surface area contributed by atoms with Crippen LogP contribution >= 0.6 is 11.8 Å². The summed E-state index contributed by atoms with van der Waals surface area (Å²) in [6, 6.07) is 13.8. The van der Waals surface area contributed by atoms with E-state index in [1.807, 2.05) is 44.4 Å². The van der Waals surface area contributed by atoms with Crippen LogP contribution in [0.3, 0.4) is 0 Å². The number of cyclic esters (lactones) is 1. The van der Waals surface area contributed by atoms with Crippen molar-refractivity contribution in [1.82, 2.24) is 35.5 Å². The van der Waals surface area contributed by atoms with Gasteiger partial charge in [0.1, 0.15) is 17.8 Å². The average Bonchev–Trinajstić information content (AvgIpc) is 3.85. The van der Waals surface area contributed by atoms with Crippen LogP contribution in [0.15, 0.2) is 65.0 Å². The summed E-state index contributed by atoms with van der Waals surface area (Å²) in [4.78, 5) is 65.9. The Kier molecular flexibility index (Phi) is 13.3. The van der Waals surface area contributed by atoms with E-state index in [0.717, 1.165) is 75.3 Å². The normalized spacial score (nSPS) is 25.6. The Morgan fingerprint density at radius 3 is 2.62 bits per heavy atom. The largest absolute Gasteiger partial charge is 0.508 e. The lowest BCUT2D eigenvalue weighted by Crippen LogP contribution is -2.67. The molecule has 15 heteroatoms. The van der Waals surface area contributed by atoms with Crippen LogP contribution in [0.1, 0.15) is 96.6 Å². The van der Waals surface area contributed by atoms with Crippen molar-refractivity contribution in [2.75, 3.05) is 33.9 Å². The smallest absolute Gasteiger partial charge is 0.333 e. The first-order valence-electron chi connectivity index (χ1n) is 24.4. The Hall–Kier alpha value is -5.22. The van der Waals surface area contributed by atoms with Crippen LogP contribution in [0.2, 0.25) is 0 Å². The zero-order chi connectivity index (χ0) is 48.2. The molecule has 4 aliphatic heterocycles. The molecule has 7 atom stereocenters. The maximum Gasteiger partial charge on any atom is 0.333 e. The van der Waals surface area contributed by atoms with Crippen LogP contribution < -0.4 is 16.1 Å². The predicted octanol–water partition coefficient (Wildman–Crippen LogP) is 7.28. The number of phenols is 1. The van der Waals surface area contributed by atoms with Crippen molar-refractivity contribution in [1.29, 1.82) is 0 Å². The number of hydrogen-bond donors (Lipinski definition) is 4. The number of hydrazine groups is 1. The number of aryl methyl sites for hydroxylation is 1. The molecule has 1 saturated carbocycles. The van der Waals surface area contributed by atoms with E-state index in [0.29, 0.717) is 37.3 Å². The minimum absolute atomic E-state index is 0.0163. The van der Waals surface area contributed by atoms with E-state index in [1.54, 1.807) is 37.4 Å². The Bertz CT molecular complexity index is 2660. The fourth-order valence-electron chi connectivity index (χ4n) is 11.6. The van der Waals surface area contributed by atoms with Crippen molar-refractivity contribution in [3.63, 3.8) is 0 Å². The third kappa shape index (κ3) is 8.95. The molecule has 0 spiro atoms. The summed E-state index contributed by atoms with van der Waals surface area (Å²) in [5.74, 6) is -1.42. The summed E-state index contributed by atoms with van der Waals surface area (Å²) in [7, 11) is 3.38. The second-order valence-corrected chi connectivity index (χ2v) is 21.7. The highest BCUT2D eigenvalue weighted by Crippen LogP contribution is 2.48. The topological polar surface area (TPSA) is 167 Å². The summed E-state index contributed by atoms with van der Waals surface area (Å²) >= 11 is 1.45. The number of pyridine rings is 1. The Morgan fingerprint density at radius 2 is 1.88 bits per heavy atom. The first-order chi connectivity index (χ1) is 32.5. The van der Waals surface area contributed by atoms with Crippen molar-refractivity contribution in [2.45, 2.75) is 123 Å². The lowest BCUT2D eigenvalue weighted by molar-refractivity contribution is -0.160. The van der Waals surface area contributed by atoms with E-state index in [4.69, 9.17) is 14.5 Å². The Balaban J connectivity index is 1.15. The molecule has 14 nitrogen and oxygen atoms in total. The molecule has 4 N–H and O–H groups in total. The molecule has 0 unspecified atom stereocenters. The molecule has 4 aromatic rings. The molecule has 3 fully saturated rings. The van der Waals surface area contributed by atoms with Gasteiger partial charge in [0, 0.05) is 72.7 Å². The van der Waals surface area contributed by atoms with Gasteiger partial charge >= 0.3 is 5.97 Å². The van der Waals surface area contributed by atoms with Gasteiger partial charge in [-0.05, 0) is 135 Å². The minimum Gasteiger partial charge on any atom is -0.508 e. The van der Waals surface area contributed by atoms with Gasteiger partial charge in [0.15, 0.2) is 5.54 Å². The van der Waals surface area contributed by atoms with Gasteiger partial charge in [-0.25, -0.2) is 10.2 Å². The second kappa shape index (κ2) is 18.9. The molecule has 2 aromatic heterocycles. The van der Waals surface area contributed by atoms with Gasteiger partial charge in [-0.2, -0.15) is 0 Å². The number of aromatic nitrogens is 2. The van der Waals surface area contributed by atoms with Crippen molar-refractivity contribution >= 4 is 46.4 Å². The van der Waals surface area contributed by atoms with Crippen molar-refractivity contribution in [3.05, 3.63) is 81.9 Å². The number of carbonyl (C=O) groups excluding carboxylic acids is 4. The van der Waals surface area contributed by atoms with Gasteiger partial charge in [0.05, 0.1) is 30.0 Å². The first kappa shape index (κ1) is 47.8. The van der Waals surface area contributed by atoms with E-state index < -0.39 is 40.8 Å². The first-order valence-corrected chi connectivity index (χ1v) is 25.3. The van der Waals surface area contributed by atoms with E-state index in [2.05, 4.69) is 59.6 Å². The highest BCUT2D eigenvalue weighted by molar-refractivity contribution is 8.12. The van der Waals surface area contributed by atoms with Gasteiger partial charge < -0.3 is 34.7 Å². The van der Waals surface area contributed by atoms with E-state index in [1.165, 1.54) is 16.8 Å². The van der Waals surface area contributed by atoms with E-state index >= 15 is 4.79 Å². The number of rotatable bonds is 10. The number of esters is 1. The Morgan fingerprint density at radius 1 is 1.09 bits per heavy atom. The van der Waals surface area contributed by atoms with Crippen molar-refractivity contribution in [3.8, 4) is 28.1 Å². The lowest BCUT2D eigenvalue weighted by Gasteiger charge is -2.42. The number of fused-ring (bicyclic) bond motifs is 7. The zero-order valence-electron chi connectivity index (χ0n) is 40.7. The van der Waals surface area contributed by atoms with Crippen LogP contribution in [-0.4, -0.2) is 106 Å². The number of benzene rings is 2. The third-order valence-corrected chi connectivity index (χ3v) is 15.9. The number of amides is 3. The zero-order valence-corrected chi connectivity index (χ0v) is 41.5. The van der Waals surface area contributed by atoms with Crippen molar-refractivity contribution in [2.24, 2.45) is 23.2 Å². The third-order valence-electron chi connectivity index (χ3n) is 15.1. The summed E-state index contributed by atoms with van der Waals surface area (Å²) in [6.07, 6.45) is 5.81. The van der Waals surface area contributed by atoms with Gasteiger partial charge in [-0.15, -0.1) is 0 Å². The number of nitrogens with one attached hydrogen (secondary N) is 3. The fourth-order valence-corrected chi connectivity index (χ4v) is 12.3. The molecule has 2 aromatic carbocycles. The van der Waals surface area contributed by atoms with E-state index in [-0.39, 0.29) is 55.2 Å². The highest BCUT2D eigenvalue weighted by Gasteiger charge is 2.52. The number of carbonyl (C=O) groups is 4. The number of ether oxygens (including phenoxy) is 2. The highest BCUT2D eigenvalue weighted by atomic mass is 32.2. The number of methoxy groups -OCH3 is 1. The summed E-state index contributed by atoms with van der Waals surface area (Å²) in [5.41, 5.74) is 8.60. The fraction of sp³-hybridized carbons (Fsp3) is 0.528. The molecule has 1 aliphatic carbocycles. The molecular weight excluding hydrogens is 879 g/mol. The van der Waals surface area contributed by atoms with Gasteiger partial charge in [-0.1, -0.05) is 51.6 Å². The molecular formula is C53H67N7O7S. The molecule has 6 heterocycles. The molecule has 6 bridgehead atoms. The van der Waals surface area contributed by atoms with Crippen LogP contribution in [-0.2, 0) is 48.0 Å². The molecule has 3 amide bonds. The van der Waals surface area contributed by atoms with Crippen LogP contribution in [0.4, 0.5) is 0 Å². The summed E-state index contributed by atoms with van der Waals surface area (Å²) in [6.45, 7) is 14.1. The van der Waals surface area contributed by atoms with Crippen LogP contribution in [0, 0.1) is 23.2 Å². The predicted molar refractivity (Wildman–Crippen MR) is 264 cm³/mol. The van der Waals surface area contributed by atoms with Crippen molar-refractivity contribution < 1.29 is 33.8 Å². The summed E-state index contributed by atoms with van der Waals surface area (Å²) < 4.78 is 14.5. The molecule has 5 aliphatic rings. The van der Waals surface area contributed by atoms with Gasteiger partial charge in [-0.3, -0.25) is 24.4 Å². The SMILES string of the molecule is CCn1c(-c2cccnc2[C@H](C)OC)c2c3cc(ccc31)-c1cc(O)cc(c1)C[C@H](NC(=O)[C@H](C(C)C)N(C)C(=O)[C@H]1CC[C@H]3CCN[C@H]31)C(=O)N1CCC[C@@](C3=CS3)(N1)C(=O)OCC(C)(C)C2. The number of likely N-dealkylation sites (N-methyl/N-ethyl adjacent to an activating group) is 1. The number of aromatic hydroxyl groups is 1. The molecule has 362 valence electrons. The molecule has 68 heavy (non-hydrogen) atoms. The van der Waals surface area contributed by atoms with Crippen LogP contribution in [0.25, 0.3) is 33.3 Å². The Labute approximate surface area is 403 Å². The minimum atomic E-state index is -1.30. The summed E-state index contributed by atoms with van der Waals surface area (Å²) in [5, 5.41) is 22.5.